The number of rotatable bonds is 1. The zero-order valence-electron chi connectivity index (χ0n) is 7.45. The van der Waals surface area contributed by atoms with E-state index in [-0.39, 0.29) is 0 Å². The maximum absolute atomic E-state index is 5.78. The standard InChI is InChI=1S/C8H9ClN4/c1-3-7-11-12-8-4-6(9)10-5(2)13(7)8/h4H,3H2,1-2H3. The Bertz CT molecular complexity index is 449. The average molecular weight is 197 g/mol. The van der Waals surface area contributed by atoms with Gasteiger partial charge in [0.25, 0.3) is 0 Å². The van der Waals surface area contributed by atoms with Crippen LogP contribution < -0.4 is 0 Å². The Morgan fingerprint density at radius 1 is 1.46 bits per heavy atom. The molecule has 0 atom stereocenters. The van der Waals surface area contributed by atoms with Crippen molar-refractivity contribution in [3.8, 4) is 0 Å². The fourth-order valence-electron chi connectivity index (χ4n) is 1.35. The van der Waals surface area contributed by atoms with E-state index in [9.17, 15) is 0 Å². The molecule has 0 fully saturated rings. The second-order valence-electron chi connectivity index (χ2n) is 2.79. The third-order valence-corrected chi connectivity index (χ3v) is 2.11. The van der Waals surface area contributed by atoms with Gasteiger partial charge in [-0.25, -0.2) is 4.98 Å². The number of hydrogen-bond acceptors (Lipinski definition) is 3. The minimum Gasteiger partial charge on any atom is -0.267 e. The van der Waals surface area contributed by atoms with Crippen LogP contribution in [0.5, 0.6) is 0 Å². The molecule has 0 aliphatic rings. The summed E-state index contributed by atoms with van der Waals surface area (Å²) in [4.78, 5) is 4.13. The van der Waals surface area contributed by atoms with Crippen molar-refractivity contribution in [2.45, 2.75) is 20.3 Å². The van der Waals surface area contributed by atoms with Gasteiger partial charge in [-0.3, -0.25) is 4.40 Å². The van der Waals surface area contributed by atoms with Gasteiger partial charge in [0.15, 0.2) is 5.65 Å². The normalized spacial score (nSPS) is 11.0. The van der Waals surface area contributed by atoms with Crippen molar-refractivity contribution in [2.24, 2.45) is 0 Å². The van der Waals surface area contributed by atoms with E-state index in [1.807, 2.05) is 18.2 Å². The van der Waals surface area contributed by atoms with Gasteiger partial charge in [-0.15, -0.1) is 10.2 Å². The van der Waals surface area contributed by atoms with E-state index >= 15 is 0 Å². The summed E-state index contributed by atoms with van der Waals surface area (Å²) < 4.78 is 1.91. The second kappa shape index (κ2) is 2.96. The molecule has 2 aromatic rings. The van der Waals surface area contributed by atoms with Gasteiger partial charge in [0.05, 0.1) is 0 Å². The summed E-state index contributed by atoms with van der Waals surface area (Å²) in [6, 6.07) is 1.71. The van der Waals surface area contributed by atoms with Crippen LogP contribution in [0.2, 0.25) is 5.15 Å². The predicted octanol–water partition coefficient (Wildman–Crippen LogP) is 1.65. The van der Waals surface area contributed by atoms with Crippen LogP contribution in [-0.2, 0) is 6.42 Å². The molecule has 2 heterocycles. The molecule has 0 aliphatic carbocycles. The van der Waals surface area contributed by atoms with Crippen LogP contribution in [0.15, 0.2) is 6.07 Å². The lowest BCUT2D eigenvalue weighted by atomic mass is 10.4. The summed E-state index contributed by atoms with van der Waals surface area (Å²) in [5, 5.41) is 8.49. The molecule has 0 saturated heterocycles. The minimum absolute atomic E-state index is 0.458. The minimum atomic E-state index is 0.458. The molecule has 0 unspecified atom stereocenters. The lowest BCUT2D eigenvalue weighted by Gasteiger charge is -2.00. The first kappa shape index (κ1) is 8.44. The molecule has 0 aromatic carbocycles. The summed E-state index contributed by atoms with van der Waals surface area (Å²) in [6.45, 7) is 3.92. The largest absolute Gasteiger partial charge is 0.267 e. The van der Waals surface area contributed by atoms with Crippen molar-refractivity contribution in [3.05, 3.63) is 22.9 Å². The van der Waals surface area contributed by atoms with Crippen molar-refractivity contribution in [1.82, 2.24) is 19.6 Å². The Morgan fingerprint density at radius 3 is 2.92 bits per heavy atom. The molecule has 2 aromatic heterocycles. The van der Waals surface area contributed by atoms with Crippen molar-refractivity contribution >= 4 is 17.2 Å². The summed E-state index contributed by atoms with van der Waals surface area (Å²) in [7, 11) is 0. The van der Waals surface area contributed by atoms with E-state index in [0.717, 1.165) is 23.7 Å². The van der Waals surface area contributed by atoms with Crippen LogP contribution in [-0.4, -0.2) is 19.6 Å². The lowest BCUT2D eigenvalue weighted by Crippen LogP contribution is -1.99. The molecule has 0 N–H and O–H groups in total. The van der Waals surface area contributed by atoms with Crippen molar-refractivity contribution in [3.63, 3.8) is 0 Å². The van der Waals surface area contributed by atoms with Crippen LogP contribution in [0, 0.1) is 6.92 Å². The number of halogens is 1. The first-order valence-corrected chi connectivity index (χ1v) is 4.47. The van der Waals surface area contributed by atoms with Gasteiger partial charge < -0.3 is 0 Å². The van der Waals surface area contributed by atoms with Crippen LogP contribution in [0.25, 0.3) is 5.65 Å². The van der Waals surface area contributed by atoms with Crippen LogP contribution in [0.1, 0.15) is 18.6 Å². The number of nitrogens with zero attached hydrogens (tertiary/aromatic N) is 4. The SMILES string of the molecule is CCc1nnc2cc(Cl)nc(C)n12. The molecule has 0 bridgehead atoms. The quantitative estimate of drug-likeness (QED) is 0.652. The summed E-state index contributed by atoms with van der Waals surface area (Å²) in [6.07, 6.45) is 0.839. The highest BCUT2D eigenvalue weighted by Gasteiger charge is 2.07. The smallest absolute Gasteiger partial charge is 0.165 e. The molecule has 0 radical (unpaired) electrons. The van der Waals surface area contributed by atoms with E-state index in [1.165, 1.54) is 0 Å². The second-order valence-corrected chi connectivity index (χ2v) is 3.18. The first-order valence-electron chi connectivity index (χ1n) is 4.09. The third kappa shape index (κ3) is 1.27. The van der Waals surface area contributed by atoms with E-state index in [2.05, 4.69) is 15.2 Å². The van der Waals surface area contributed by atoms with Crippen LogP contribution in [0.4, 0.5) is 0 Å². The highest BCUT2D eigenvalue weighted by Crippen LogP contribution is 2.12. The monoisotopic (exact) mass is 196 g/mol. The zero-order chi connectivity index (χ0) is 9.42. The molecule has 2 rings (SSSR count). The van der Waals surface area contributed by atoms with Gasteiger partial charge in [-0.05, 0) is 6.92 Å². The van der Waals surface area contributed by atoms with Gasteiger partial charge >= 0.3 is 0 Å². The maximum Gasteiger partial charge on any atom is 0.165 e. The fraction of sp³-hybridized carbons (Fsp3) is 0.375. The molecule has 0 spiro atoms. The Kier molecular flexibility index (Phi) is 1.92. The molecule has 0 saturated carbocycles. The van der Waals surface area contributed by atoms with Gasteiger partial charge in [-0.1, -0.05) is 18.5 Å². The molecule has 68 valence electrons. The van der Waals surface area contributed by atoms with Gasteiger partial charge in [0.1, 0.15) is 16.8 Å². The molecular formula is C8H9ClN4. The topological polar surface area (TPSA) is 43.1 Å². The summed E-state index contributed by atoms with van der Waals surface area (Å²) in [5.74, 6) is 1.74. The average Bonchev–Trinajstić information content (AvgIpc) is 2.47. The van der Waals surface area contributed by atoms with E-state index in [1.54, 1.807) is 6.07 Å². The highest BCUT2D eigenvalue weighted by molar-refractivity contribution is 6.29. The Balaban J connectivity index is 2.82. The molecule has 4 nitrogen and oxygen atoms in total. The molecule has 0 aliphatic heterocycles. The van der Waals surface area contributed by atoms with Crippen molar-refractivity contribution in [2.75, 3.05) is 0 Å². The maximum atomic E-state index is 5.78. The van der Waals surface area contributed by atoms with E-state index in [4.69, 9.17) is 11.6 Å². The molecule has 0 amide bonds. The first-order chi connectivity index (χ1) is 6.22. The predicted molar refractivity (Wildman–Crippen MR) is 49.9 cm³/mol. The summed E-state index contributed by atoms with van der Waals surface area (Å²) in [5.41, 5.74) is 0.759. The third-order valence-electron chi connectivity index (χ3n) is 1.91. The van der Waals surface area contributed by atoms with Gasteiger partial charge in [-0.2, -0.15) is 0 Å². The lowest BCUT2D eigenvalue weighted by molar-refractivity contribution is 0.867. The van der Waals surface area contributed by atoms with E-state index in [0.29, 0.717) is 5.15 Å². The van der Waals surface area contributed by atoms with Gasteiger partial charge in [0.2, 0.25) is 0 Å². The van der Waals surface area contributed by atoms with Crippen LogP contribution >= 0.6 is 11.6 Å². The van der Waals surface area contributed by atoms with Crippen molar-refractivity contribution in [1.29, 1.82) is 0 Å². The summed E-state index contributed by atoms with van der Waals surface area (Å²) >= 11 is 5.78. The highest BCUT2D eigenvalue weighted by atomic mass is 35.5. The Hall–Kier alpha value is -1.16. The molecule has 13 heavy (non-hydrogen) atoms. The van der Waals surface area contributed by atoms with Crippen molar-refractivity contribution < 1.29 is 0 Å². The Labute approximate surface area is 80.6 Å². The van der Waals surface area contributed by atoms with E-state index < -0.39 is 0 Å². The number of aromatic nitrogens is 4. The van der Waals surface area contributed by atoms with Crippen LogP contribution in [0.3, 0.4) is 0 Å². The Morgan fingerprint density at radius 2 is 2.23 bits per heavy atom. The molecule has 5 heteroatoms. The number of hydrogen-bond donors (Lipinski definition) is 0. The number of aryl methyl sites for hydroxylation is 2. The van der Waals surface area contributed by atoms with Gasteiger partial charge in [0, 0.05) is 12.5 Å². The zero-order valence-corrected chi connectivity index (χ0v) is 8.21. The fourth-order valence-corrected chi connectivity index (χ4v) is 1.57. The number of fused-ring (bicyclic) bond motifs is 1. The molecular weight excluding hydrogens is 188 g/mol.